The van der Waals surface area contributed by atoms with Gasteiger partial charge in [0, 0.05) is 22.9 Å². The minimum absolute atomic E-state index is 0.199. The summed E-state index contributed by atoms with van der Waals surface area (Å²) in [5.74, 6) is -1.21. The molecule has 0 spiro atoms. The number of rotatable bonds is 4. The number of carboxylic acid groups (broad SMARTS) is 1. The van der Waals surface area contributed by atoms with Crippen LogP contribution in [0.4, 0.5) is 5.69 Å². The van der Waals surface area contributed by atoms with Gasteiger partial charge in [-0.05, 0) is 59.6 Å². The van der Waals surface area contributed by atoms with E-state index < -0.39 is 5.97 Å². The summed E-state index contributed by atoms with van der Waals surface area (Å²) in [7, 11) is 0. The summed E-state index contributed by atoms with van der Waals surface area (Å²) in [6, 6.07) is 6.36. The Hall–Kier alpha value is -2.08. The summed E-state index contributed by atoms with van der Waals surface area (Å²) >= 11 is 3.35. The van der Waals surface area contributed by atoms with E-state index in [9.17, 15) is 9.59 Å². The Balaban J connectivity index is 2.25. The third-order valence-corrected chi connectivity index (χ3v) is 3.59. The van der Waals surface area contributed by atoms with E-state index in [2.05, 4.69) is 21.2 Å². The van der Waals surface area contributed by atoms with Gasteiger partial charge in [0.1, 0.15) is 5.69 Å². The normalized spacial score (nSPS) is 10.4. The monoisotopic (exact) mass is 350 g/mol. The van der Waals surface area contributed by atoms with Gasteiger partial charge in [-0.2, -0.15) is 0 Å². The number of aromatic nitrogens is 1. The van der Waals surface area contributed by atoms with Gasteiger partial charge >= 0.3 is 5.97 Å². The summed E-state index contributed by atoms with van der Waals surface area (Å²) in [5, 5.41) is 11.7. The molecule has 2 aromatic rings. The molecule has 0 atom stereocenters. The summed E-state index contributed by atoms with van der Waals surface area (Å²) in [6.07, 6.45) is 1.84. The molecule has 2 N–H and O–H groups in total. The van der Waals surface area contributed by atoms with Crippen LogP contribution in [0.5, 0.6) is 0 Å². The summed E-state index contributed by atoms with van der Waals surface area (Å²) in [4.78, 5) is 23.2. The lowest BCUT2D eigenvalue weighted by atomic mass is 10.1. The largest absolute Gasteiger partial charge is 0.478 e. The van der Waals surface area contributed by atoms with Crippen molar-refractivity contribution < 1.29 is 14.7 Å². The minimum atomic E-state index is -0.986. The van der Waals surface area contributed by atoms with Crippen molar-refractivity contribution in [2.24, 2.45) is 0 Å². The summed E-state index contributed by atoms with van der Waals surface area (Å²) < 4.78 is 2.67. The molecular weight excluding hydrogens is 336 g/mol. The first-order valence-corrected chi connectivity index (χ1v) is 7.22. The van der Waals surface area contributed by atoms with Gasteiger partial charge in [-0.1, -0.05) is 0 Å². The third-order valence-electron chi connectivity index (χ3n) is 3.16. The molecule has 21 heavy (non-hydrogen) atoms. The van der Waals surface area contributed by atoms with Crippen molar-refractivity contribution >= 4 is 33.5 Å². The maximum Gasteiger partial charge on any atom is 0.335 e. The van der Waals surface area contributed by atoms with Crippen molar-refractivity contribution in [2.75, 3.05) is 5.32 Å². The Morgan fingerprint density at radius 1 is 1.33 bits per heavy atom. The first-order valence-electron chi connectivity index (χ1n) is 6.43. The third kappa shape index (κ3) is 3.33. The number of aryl methyl sites for hydroxylation is 2. The molecular formula is C15H15BrN2O3. The van der Waals surface area contributed by atoms with Crippen LogP contribution in [0.15, 0.2) is 34.9 Å². The fourth-order valence-corrected chi connectivity index (χ4v) is 2.51. The molecule has 0 aliphatic rings. The highest BCUT2D eigenvalue weighted by molar-refractivity contribution is 9.10. The van der Waals surface area contributed by atoms with Crippen LogP contribution in [0, 0.1) is 6.92 Å². The smallest absolute Gasteiger partial charge is 0.335 e. The van der Waals surface area contributed by atoms with Gasteiger partial charge in [-0.25, -0.2) is 4.79 Å². The second-order valence-electron chi connectivity index (χ2n) is 4.62. The molecule has 2 rings (SSSR count). The van der Waals surface area contributed by atoms with E-state index in [1.165, 1.54) is 12.1 Å². The number of anilines is 1. The molecule has 0 fully saturated rings. The average Bonchev–Trinajstić information content (AvgIpc) is 2.82. The van der Waals surface area contributed by atoms with Crippen LogP contribution in [0.1, 0.15) is 33.3 Å². The molecule has 1 amide bonds. The number of benzene rings is 1. The Bertz CT molecular complexity index is 707. The number of hydrogen-bond donors (Lipinski definition) is 2. The molecule has 5 nitrogen and oxygen atoms in total. The van der Waals surface area contributed by atoms with Crippen LogP contribution in [0.25, 0.3) is 0 Å². The predicted octanol–water partition coefficient (Wildman–Crippen LogP) is 3.53. The topological polar surface area (TPSA) is 71.3 Å². The lowest BCUT2D eigenvalue weighted by Gasteiger charge is -2.10. The van der Waals surface area contributed by atoms with E-state index in [1.807, 2.05) is 17.7 Å². The van der Waals surface area contributed by atoms with Crippen LogP contribution in [-0.2, 0) is 6.54 Å². The highest BCUT2D eigenvalue weighted by Gasteiger charge is 2.14. The molecule has 6 heteroatoms. The Morgan fingerprint density at radius 3 is 2.62 bits per heavy atom. The zero-order chi connectivity index (χ0) is 15.6. The molecule has 0 aliphatic carbocycles. The van der Waals surface area contributed by atoms with Crippen LogP contribution < -0.4 is 5.32 Å². The van der Waals surface area contributed by atoms with Crippen LogP contribution in [0.3, 0.4) is 0 Å². The van der Waals surface area contributed by atoms with E-state index >= 15 is 0 Å². The molecule has 0 saturated heterocycles. The number of halogens is 1. The zero-order valence-electron chi connectivity index (χ0n) is 11.7. The number of carbonyl (C=O) groups excluding carboxylic acids is 1. The van der Waals surface area contributed by atoms with Gasteiger partial charge in [-0.15, -0.1) is 0 Å². The number of amides is 1. The predicted molar refractivity (Wildman–Crippen MR) is 83.9 cm³/mol. The van der Waals surface area contributed by atoms with E-state index in [0.29, 0.717) is 23.5 Å². The average molecular weight is 351 g/mol. The molecule has 1 aromatic carbocycles. The van der Waals surface area contributed by atoms with Crippen molar-refractivity contribution in [3.8, 4) is 0 Å². The van der Waals surface area contributed by atoms with Crippen molar-refractivity contribution in [3.63, 3.8) is 0 Å². The lowest BCUT2D eigenvalue weighted by Crippen LogP contribution is -2.17. The number of carbonyl (C=O) groups is 2. The Labute approximate surface area is 130 Å². The van der Waals surface area contributed by atoms with Crippen LogP contribution >= 0.6 is 15.9 Å². The Kier molecular flexibility index (Phi) is 4.47. The van der Waals surface area contributed by atoms with Crippen LogP contribution in [-0.4, -0.2) is 21.6 Å². The molecule has 0 unspecified atom stereocenters. The SMILES string of the molecule is CCn1cc(Br)cc1C(=O)Nc1ccc(C(=O)O)cc1C. The maximum absolute atomic E-state index is 12.3. The first kappa shape index (κ1) is 15.3. The number of hydrogen-bond acceptors (Lipinski definition) is 2. The molecule has 1 aromatic heterocycles. The second-order valence-corrected chi connectivity index (χ2v) is 5.53. The second kappa shape index (κ2) is 6.13. The van der Waals surface area contributed by atoms with Gasteiger partial charge in [-0.3, -0.25) is 4.79 Å². The lowest BCUT2D eigenvalue weighted by molar-refractivity contribution is 0.0696. The van der Waals surface area contributed by atoms with Crippen molar-refractivity contribution in [3.05, 3.63) is 51.8 Å². The van der Waals surface area contributed by atoms with Crippen molar-refractivity contribution in [1.82, 2.24) is 4.57 Å². The molecule has 0 radical (unpaired) electrons. The van der Waals surface area contributed by atoms with Gasteiger partial charge in [0.25, 0.3) is 5.91 Å². The first-order chi connectivity index (χ1) is 9.92. The highest BCUT2D eigenvalue weighted by Crippen LogP contribution is 2.20. The number of carboxylic acids is 1. The fraction of sp³-hybridized carbons (Fsp3) is 0.200. The number of nitrogens with zero attached hydrogens (tertiary/aromatic N) is 1. The highest BCUT2D eigenvalue weighted by atomic mass is 79.9. The summed E-state index contributed by atoms with van der Waals surface area (Å²) in [6.45, 7) is 4.40. The summed E-state index contributed by atoms with van der Waals surface area (Å²) in [5.41, 5.74) is 2.05. The number of nitrogens with one attached hydrogen (secondary N) is 1. The number of aromatic carboxylic acids is 1. The van der Waals surface area contributed by atoms with E-state index in [4.69, 9.17) is 5.11 Å². The minimum Gasteiger partial charge on any atom is -0.478 e. The molecule has 0 aliphatic heterocycles. The van der Waals surface area contributed by atoms with E-state index in [0.717, 1.165) is 4.47 Å². The Morgan fingerprint density at radius 2 is 2.05 bits per heavy atom. The standard InChI is InChI=1S/C15H15BrN2O3/c1-3-18-8-11(16)7-13(18)14(19)17-12-5-4-10(15(20)21)6-9(12)2/h4-8H,3H2,1-2H3,(H,17,19)(H,20,21). The quantitative estimate of drug-likeness (QED) is 0.885. The van der Waals surface area contributed by atoms with Gasteiger partial charge in [0.05, 0.1) is 5.56 Å². The van der Waals surface area contributed by atoms with E-state index in [1.54, 1.807) is 19.1 Å². The zero-order valence-corrected chi connectivity index (χ0v) is 13.3. The van der Waals surface area contributed by atoms with Gasteiger partial charge in [0.2, 0.25) is 0 Å². The molecule has 110 valence electrons. The van der Waals surface area contributed by atoms with Crippen molar-refractivity contribution in [2.45, 2.75) is 20.4 Å². The van der Waals surface area contributed by atoms with Crippen molar-refractivity contribution in [1.29, 1.82) is 0 Å². The van der Waals surface area contributed by atoms with Gasteiger partial charge < -0.3 is 15.0 Å². The fourth-order valence-electron chi connectivity index (χ4n) is 2.05. The molecule has 0 bridgehead atoms. The molecule has 1 heterocycles. The maximum atomic E-state index is 12.3. The molecule has 0 saturated carbocycles. The van der Waals surface area contributed by atoms with E-state index in [-0.39, 0.29) is 11.5 Å². The van der Waals surface area contributed by atoms with Crippen LogP contribution in [0.2, 0.25) is 0 Å². The van der Waals surface area contributed by atoms with Gasteiger partial charge in [0.15, 0.2) is 0 Å².